The maximum Gasteiger partial charge on any atom is 0.191 e. The van der Waals surface area contributed by atoms with Crippen LogP contribution in [0.4, 0.5) is 4.39 Å². The highest BCUT2D eigenvalue weighted by Gasteiger charge is 2.25. The van der Waals surface area contributed by atoms with Crippen LogP contribution in [0.25, 0.3) is 10.9 Å². The number of aromatic nitrogens is 1. The zero-order chi connectivity index (χ0) is 22.3. The van der Waals surface area contributed by atoms with Crippen molar-refractivity contribution in [3.05, 3.63) is 59.4 Å². The van der Waals surface area contributed by atoms with Crippen molar-refractivity contribution < 1.29 is 13.5 Å². The molecule has 7 nitrogen and oxygen atoms in total. The number of nitrogens with one attached hydrogen (secondary N) is 3. The number of nitrogens with zero attached hydrogens (tertiary/aromatic N) is 2. The first-order chi connectivity index (χ1) is 15.6. The number of hydrogen-bond acceptors (Lipinski definition) is 4. The summed E-state index contributed by atoms with van der Waals surface area (Å²) < 4.78 is 25.1. The largest absolute Gasteiger partial charge is 0.465 e. The number of ether oxygens (including phenoxy) is 1. The first-order valence-electron chi connectivity index (χ1n) is 11.3. The molecule has 0 radical (unpaired) electrons. The Balaban J connectivity index is 1.41. The number of aromatic amines is 1. The number of hydrogen-bond donors (Lipinski definition) is 3. The Kier molecular flexibility index (Phi) is 7.44. The van der Waals surface area contributed by atoms with E-state index in [2.05, 4.69) is 27.4 Å². The Bertz CT molecular complexity index is 1040. The lowest BCUT2D eigenvalue weighted by molar-refractivity contribution is 0.0135. The molecule has 172 valence electrons. The van der Waals surface area contributed by atoms with E-state index < -0.39 is 0 Å². The van der Waals surface area contributed by atoms with Crippen LogP contribution in [-0.2, 0) is 11.2 Å². The average Bonchev–Trinajstić information content (AvgIpc) is 3.40. The number of furan rings is 1. The molecule has 2 aromatic heterocycles. The fourth-order valence-electron chi connectivity index (χ4n) is 4.10. The lowest BCUT2D eigenvalue weighted by atomic mass is 10.1. The van der Waals surface area contributed by atoms with E-state index in [9.17, 15) is 4.39 Å². The summed E-state index contributed by atoms with van der Waals surface area (Å²) >= 11 is 0. The Morgan fingerprint density at radius 3 is 2.81 bits per heavy atom. The van der Waals surface area contributed by atoms with Gasteiger partial charge < -0.3 is 24.8 Å². The van der Waals surface area contributed by atoms with Gasteiger partial charge in [0.25, 0.3) is 0 Å². The molecule has 0 saturated carbocycles. The molecule has 0 amide bonds. The minimum absolute atomic E-state index is 0.0691. The van der Waals surface area contributed by atoms with Crippen molar-refractivity contribution in [2.45, 2.75) is 26.3 Å². The van der Waals surface area contributed by atoms with Gasteiger partial charge in [0.1, 0.15) is 17.3 Å². The number of halogens is 1. The van der Waals surface area contributed by atoms with Crippen LogP contribution in [0.15, 0.2) is 45.9 Å². The van der Waals surface area contributed by atoms with Gasteiger partial charge in [-0.2, -0.15) is 0 Å². The third-order valence-electron chi connectivity index (χ3n) is 5.76. The smallest absolute Gasteiger partial charge is 0.191 e. The van der Waals surface area contributed by atoms with Gasteiger partial charge in [0.15, 0.2) is 5.96 Å². The predicted molar refractivity (Wildman–Crippen MR) is 125 cm³/mol. The van der Waals surface area contributed by atoms with Gasteiger partial charge in [0.2, 0.25) is 0 Å². The molecule has 8 heteroatoms. The summed E-state index contributed by atoms with van der Waals surface area (Å²) in [6.45, 7) is 9.24. The van der Waals surface area contributed by atoms with Gasteiger partial charge in [-0.25, -0.2) is 4.39 Å². The summed E-state index contributed by atoms with van der Waals surface area (Å²) in [5, 5.41) is 7.66. The van der Waals surface area contributed by atoms with Gasteiger partial charge in [-0.1, -0.05) is 0 Å². The Labute approximate surface area is 188 Å². The molecule has 1 saturated heterocycles. The lowest BCUT2D eigenvalue weighted by Crippen LogP contribution is -2.42. The molecule has 4 rings (SSSR count). The van der Waals surface area contributed by atoms with Gasteiger partial charge in [-0.3, -0.25) is 9.89 Å². The molecule has 1 aromatic carbocycles. The molecular weight excluding hydrogens is 409 g/mol. The standard InChI is InChI=1S/C24H32FN5O2/c1-3-26-24(27-9-8-18-15-28-21-6-5-19(25)14-20(18)21)29-16-22(23-7-4-17(2)32-23)30-10-12-31-13-11-30/h4-7,14-15,22,28H,3,8-13,16H2,1-2H3,(H2,26,27,29). The summed E-state index contributed by atoms with van der Waals surface area (Å²) in [4.78, 5) is 10.4. The van der Waals surface area contributed by atoms with E-state index in [0.29, 0.717) is 13.1 Å². The van der Waals surface area contributed by atoms with Crippen LogP contribution in [0, 0.1) is 12.7 Å². The highest BCUT2D eigenvalue weighted by Crippen LogP contribution is 2.24. The molecule has 3 heterocycles. The third-order valence-corrected chi connectivity index (χ3v) is 5.76. The topological polar surface area (TPSA) is 77.8 Å². The second-order valence-electron chi connectivity index (χ2n) is 8.01. The molecule has 1 fully saturated rings. The molecule has 3 N–H and O–H groups in total. The highest BCUT2D eigenvalue weighted by atomic mass is 19.1. The maximum absolute atomic E-state index is 13.6. The fourth-order valence-corrected chi connectivity index (χ4v) is 4.10. The van der Waals surface area contributed by atoms with Crippen LogP contribution in [0.1, 0.15) is 30.0 Å². The number of guanidine groups is 1. The molecule has 3 aromatic rings. The predicted octanol–water partition coefficient (Wildman–Crippen LogP) is 3.38. The zero-order valence-corrected chi connectivity index (χ0v) is 18.8. The quantitative estimate of drug-likeness (QED) is 0.369. The Hall–Kier alpha value is -2.84. The van der Waals surface area contributed by atoms with E-state index >= 15 is 0 Å². The number of fused-ring (bicyclic) bond motifs is 1. The van der Waals surface area contributed by atoms with Gasteiger partial charge in [0.05, 0.1) is 25.8 Å². The van der Waals surface area contributed by atoms with Crippen molar-refractivity contribution in [3.63, 3.8) is 0 Å². The number of morpholine rings is 1. The van der Waals surface area contributed by atoms with Gasteiger partial charge in [0, 0.05) is 43.3 Å². The van der Waals surface area contributed by atoms with Crippen molar-refractivity contribution in [3.8, 4) is 0 Å². The summed E-state index contributed by atoms with van der Waals surface area (Å²) in [6.07, 6.45) is 2.71. The molecule has 0 aliphatic carbocycles. The molecular formula is C24H32FN5O2. The Morgan fingerprint density at radius 1 is 1.22 bits per heavy atom. The number of benzene rings is 1. The Morgan fingerprint density at radius 2 is 2.06 bits per heavy atom. The van der Waals surface area contributed by atoms with E-state index in [-0.39, 0.29) is 11.9 Å². The summed E-state index contributed by atoms with van der Waals surface area (Å²) in [7, 11) is 0. The molecule has 1 aliphatic rings. The van der Waals surface area contributed by atoms with Gasteiger partial charge >= 0.3 is 0 Å². The van der Waals surface area contributed by atoms with E-state index in [1.807, 2.05) is 25.3 Å². The molecule has 0 bridgehead atoms. The van der Waals surface area contributed by atoms with Crippen LogP contribution in [-0.4, -0.2) is 61.8 Å². The molecule has 1 unspecified atom stereocenters. The molecule has 1 aliphatic heterocycles. The molecule has 1 atom stereocenters. The van der Waals surface area contributed by atoms with Crippen molar-refractivity contribution >= 4 is 16.9 Å². The number of H-pyrrole nitrogens is 1. The summed E-state index contributed by atoms with van der Waals surface area (Å²) in [5.74, 6) is 2.39. The van der Waals surface area contributed by atoms with Crippen LogP contribution in [0.2, 0.25) is 0 Å². The zero-order valence-electron chi connectivity index (χ0n) is 18.8. The van der Waals surface area contributed by atoms with E-state index in [1.54, 1.807) is 12.1 Å². The van der Waals surface area contributed by atoms with Crippen LogP contribution < -0.4 is 10.6 Å². The summed E-state index contributed by atoms with van der Waals surface area (Å²) in [5.41, 5.74) is 2.03. The van der Waals surface area contributed by atoms with E-state index in [1.165, 1.54) is 6.07 Å². The monoisotopic (exact) mass is 441 g/mol. The number of aryl methyl sites for hydroxylation is 1. The van der Waals surface area contributed by atoms with Crippen molar-refractivity contribution in [1.29, 1.82) is 0 Å². The first kappa shape index (κ1) is 22.4. The average molecular weight is 442 g/mol. The van der Waals surface area contributed by atoms with Crippen molar-refractivity contribution in [2.24, 2.45) is 4.99 Å². The van der Waals surface area contributed by atoms with Crippen LogP contribution >= 0.6 is 0 Å². The normalized spacial score (nSPS) is 16.4. The fraction of sp³-hybridized carbons (Fsp3) is 0.458. The van der Waals surface area contributed by atoms with Crippen LogP contribution in [0.3, 0.4) is 0 Å². The van der Waals surface area contributed by atoms with Crippen molar-refractivity contribution in [1.82, 2.24) is 20.5 Å². The SMILES string of the molecule is CCNC(=NCC(c1ccc(C)o1)N1CCOCC1)NCCc1c[nH]c2ccc(F)cc12. The van der Waals surface area contributed by atoms with Crippen molar-refractivity contribution in [2.75, 3.05) is 45.9 Å². The second-order valence-corrected chi connectivity index (χ2v) is 8.01. The lowest BCUT2D eigenvalue weighted by Gasteiger charge is -2.32. The minimum atomic E-state index is -0.219. The number of rotatable bonds is 8. The summed E-state index contributed by atoms with van der Waals surface area (Å²) in [6, 6.07) is 8.94. The maximum atomic E-state index is 13.6. The third kappa shape index (κ3) is 5.49. The van der Waals surface area contributed by atoms with E-state index in [0.717, 1.165) is 73.2 Å². The minimum Gasteiger partial charge on any atom is -0.465 e. The van der Waals surface area contributed by atoms with E-state index in [4.69, 9.17) is 14.1 Å². The first-order valence-corrected chi connectivity index (χ1v) is 11.3. The molecule has 0 spiro atoms. The van der Waals surface area contributed by atoms with Gasteiger partial charge in [-0.05, 0) is 56.2 Å². The highest BCUT2D eigenvalue weighted by molar-refractivity contribution is 5.83. The van der Waals surface area contributed by atoms with Gasteiger partial charge in [-0.15, -0.1) is 0 Å². The molecule has 32 heavy (non-hydrogen) atoms. The second kappa shape index (κ2) is 10.7. The van der Waals surface area contributed by atoms with Crippen LogP contribution in [0.5, 0.6) is 0 Å². The number of aliphatic imine (C=N–C) groups is 1.